The third-order valence-corrected chi connectivity index (χ3v) is 2.06. The second-order valence-electron chi connectivity index (χ2n) is 4.29. The van der Waals surface area contributed by atoms with Gasteiger partial charge in [0.1, 0.15) is 6.10 Å². The zero-order chi connectivity index (χ0) is 19.9. The normalized spacial score (nSPS) is 8.72. The lowest BCUT2D eigenvalue weighted by molar-refractivity contribution is -0.147. The average molecular weight is 343 g/mol. The minimum Gasteiger partial charge on any atom is -0.460 e. The van der Waals surface area contributed by atoms with Crippen LogP contribution >= 0.6 is 0 Å². The fourth-order valence-corrected chi connectivity index (χ4v) is 1.14. The molecular weight excluding hydrogens is 314 g/mol. The Balaban J connectivity index is -0.000000276. The maximum atomic E-state index is 10.3. The van der Waals surface area contributed by atoms with E-state index in [1.54, 1.807) is 32.3 Å². The highest BCUT2D eigenvalue weighted by molar-refractivity contribution is 5.66. The molecule has 0 N–H and O–H groups in total. The third-order valence-electron chi connectivity index (χ3n) is 2.06. The molecule has 0 heterocycles. The molecule has 1 unspecified atom stereocenters. The number of nitrogens with zero attached hydrogens (tertiary/aromatic N) is 1. The summed E-state index contributed by atoms with van der Waals surface area (Å²) in [5.74, 6) is -0.264. The Morgan fingerprint density at radius 2 is 1.68 bits per heavy atom. The second-order valence-corrected chi connectivity index (χ2v) is 4.29. The molecule has 0 aliphatic heterocycles. The maximum absolute atomic E-state index is 10.3. The SMILES string of the molecule is C=CC#N.C=CC=C.C=Cc1ccccc1.COCC(C)OC(C)=O. The van der Waals surface area contributed by atoms with Crippen LogP contribution in [-0.4, -0.2) is 25.8 Å². The molecule has 0 fully saturated rings. The van der Waals surface area contributed by atoms with E-state index in [1.165, 1.54) is 18.6 Å². The van der Waals surface area contributed by atoms with Crippen molar-refractivity contribution in [3.63, 3.8) is 0 Å². The Hall–Kier alpha value is -2.90. The molecular formula is C21H29NO3. The fourth-order valence-electron chi connectivity index (χ4n) is 1.14. The number of carbonyl (C=O) groups excluding carboxylic acids is 1. The van der Waals surface area contributed by atoms with E-state index < -0.39 is 0 Å². The Kier molecular flexibility index (Phi) is 25.2. The van der Waals surface area contributed by atoms with Gasteiger partial charge in [-0.05, 0) is 12.5 Å². The number of ether oxygens (including phenoxy) is 2. The van der Waals surface area contributed by atoms with Gasteiger partial charge in [0, 0.05) is 20.1 Å². The Labute approximate surface area is 152 Å². The Bertz CT molecular complexity index is 510. The number of hydrogen-bond acceptors (Lipinski definition) is 4. The lowest BCUT2D eigenvalue weighted by Gasteiger charge is -2.08. The van der Waals surface area contributed by atoms with Gasteiger partial charge in [-0.1, -0.05) is 74.9 Å². The van der Waals surface area contributed by atoms with E-state index >= 15 is 0 Å². The first-order valence-corrected chi connectivity index (χ1v) is 7.50. The summed E-state index contributed by atoms with van der Waals surface area (Å²) in [5.41, 5.74) is 1.17. The molecule has 25 heavy (non-hydrogen) atoms. The molecule has 1 atom stereocenters. The van der Waals surface area contributed by atoms with Gasteiger partial charge in [0.05, 0.1) is 12.7 Å². The zero-order valence-corrected chi connectivity index (χ0v) is 15.5. The molecule has 1 aromatic rings. The van der Waals surface area contributed by atoms with Crippen molar-refractivity contribution in [2.24, 2.45) is 0 Å². The minimum absolute atomic E-state index is 0.132. The first kappa shape index (κ1) is 27.0. The molecule has 4 nitrogen and oxygen atoms in total. The molecule has 0 spiro atoms. The van der Waals surface area contributed by atoms with Crippen molar-refractivity contribution < 1.29 is 14.3 Å². The van der Waals surface area contributed by atoms with Crippen molar-refractivity contribution in [1.29, 1.82) is 5.26 Å². The molecule has 0 aromatic heterocycles. The second kappa shape index (κ2) is 23.4. The number of rotatable bonds is 5. The summed E-state index contributed by atoms with van der Waals surface area (Å²) in [5, 5.41) is 7.51. The van der Waals surface area contributed by atoms with Crippen LogP contribution in [0.2, 0.25) is 0 Å². The minimum atomic E-state index is -0.264. The van der Waals surface area contributed by atoms with E-state index in [4.69, 9.17) is 14.7 Å². The van der Waals surface area contributed by atoms with Crippen molar-refractivity contribution in [2.75, 3.05) is 13.7 Å². The van der Waals surface area contributed by atoms with Gasteiger partial charge >= 0.3 is 5.97 Å². The van der Waals surface area contributed by atoms with Crippen LogP contribution in [0, 0.1) is 11.3 Å². The molecule has 0 aliphatic rings. The molecule has 1 aromatic carbocycles. The van der Waals surface area contributed by atoms with Crippen LogP contribution < -0.4 is 0 Å². The first-order valence-electron chi connectivity index (χ1n) is 7.50. The fraction of sp³-hybridized carbons (Fsp3) is 0.238. The summed E-state index contributed by atoms with van der Waals surface area (Å²) >= 11 is 0. The summed E-state index contributed by atoms with van der Waals surface area (Å²) < 4.78 is 9.45. The monoisotopic (exact) mass is 343 g/mol. The Morgan fingerprint density at radius 3 is 1.92 bits per heavy atom. The zero-order valence-electron chi connectivity index (χ0n) is 15.5. The molecule has 0 bridgehead atoms. The summed E-state index contributed by atoms with van der Waals surface area (Å²) in [6, 6.07) is 11.7. The van der Waals surface area contributed by atoms with E-state index in [1.807, 2.05) is 36.4 Å². The van der Waals surface area contributed by atoms with E-state index in [0.29, 0.717) is 6.61 Å². The van der Waals surface area contributed by atoms with Crippen LogP contribution in [-0.2, 0) is 14.3 Å². The van der Waals surface area contributed by atoms with Crippen molar-refractivity contribution in [3.05, 3.63) is 80.4 Å². The highest BCUT2D eigenvalue weighted by atomic mass is 16.6. The van der Waals surface area contributed by atoms with Crippen LogP contribution in [0.15, 0.2) is 74.9 Å². The van der Waals surface area contributed by atoms with Crippen LogP contribution in [0.5, 0.6) is 0 Å². The smallest absolute Gasteiger partial charge is 0.302 e. The Morgan fingerprint density at radius 1 is 1.20 bits per heavy atom. The van der Waals surface area contributed by atoms with E-state index in [-0.39, 0.29) is 12.1 Å². The van der Waals surface area contributed by atoms with E-state index in [2.05, 4.69) is 26.3 Å². The summed E-state index contributed by atoms with van der Waals surface area (Å²) in [6.07, 6.45) is 6.16. The molecule has 4 heteroatoms. The molecule has 136 valence electrons. The van der Waals surface area contributed by atoms with Gasteiger partial charge in [-0.15, -0.1) is 0 Å². The van der Waals surface area contributed by atoms with Crippen molar-refractivity contribution in [3.8, 4) is 6.07 Å². The summed E-state index contributed by atoms with van der Waals surface area (Å²) in [6.45, 7) is 17.1. The van der Waals surface area contributed by atoms with Crippen molar-refractivity contribution in [2.45, 2.75) is 20.0 Å². The van der Waals surface area contributed by atoms with E-state index in [0.717, 1.165) is 0 Å². The van der Waals surface area contributed by atoms with Gasteiger partial charge < -0.3 is 9.47 Å². The number of methoxy groups -OCH3 is 1. The number of carbonyl (C=O) groups is 1. The first-order chi connectivity index (χ1) is 11.9. The van der Waals surface area contributed by atoms with Gasteiger partial charge in [-0.2, -0.15) is 5.26 Å². The van der Waals surface area contributed by atoms with Gasteiger partial charge in [0.2, 0.25) is 0 Å². The third kappa shape index (κ3) is 29.7. The van der Waals surface area contributed by atoms with Crippen LogP contribution in [0.3, 0.4) is 0 Å². The number of hydrogen-bond donors (Lipinski definition) is 0. The summed E-state index contributed by atoms with van der Waals surface area (Å²) in [4.78, 5) is 10.3. The molecule has 0 aliphatic carbocycles. The van der Waals surface area contributed by atoms with Gasteiger partial charge in [0.15, 0.2) is 0 Å². The summed E-state index contributed by atoms with van der Waals surface area (Å²) in [7, 11) is 1.57. The highest BCUT2D eigenvalue weighted by Gasteiger charge is 2.02. The molecule has 0 saturated heterocycles. The molecule has 0 radical (unpaired) electrons. The average Bonchev–Trinajstić information content (AvgIpc) is 2.63. The van der Waals surface area contributed by atoms with Crippen LogP contribution in [0.4, 0.5) is 0 Å². The lowest BCUT2D eigenvalue weighted by Crippen LogP contribution is -2.17. The van der Waals surface area contributed by atoms with Gasteiger partial charge in [0.25, 0.3) is 0 Å². The predicted molar refractivity (Wildman–Crippen MR) is 106 cm³/mol. The van der Waals surface area contributed by atoms with Crippen molar-refractivity contribution >= 4 is 12.0 Å². The number of allylic oxidation sites excluding steroid dienone is 3. The predicted octanol–water partition coefficient (Wildman–Crippen LogP) is 4.97. The van der Waals surface area contributed by atoms with Gasteiger partial charge in [-0.25, -0.2) is 0 Å². The number of nitriles is 1. The van der Waals surface area contributed by atoms with Crippen molar-refractivity contribution in [1.82, 2.24) is 0 Å². The number of benzene rings is 1. The molecule has 0 amide bonds. The largest absolute Gasteiger partial charge is 0.460 e. The standard InChI is InChI=1S/C8H8.C6H12O3.C4H6.C3H3N/c1-2-8-6-4-3-5-7-8;1-5(4-8-3)9-6(2)7;1-3-4-2;1-2-3-4/h2-7H,1H2;5H,4H2,1-3H3;3-4H,1-2H2;2H,1H2. The van der Waals surface area contributed by atoms with E-state index in [9.17, 15) is 4.79 Å². The maximum Gasteiger partial charge on any atom is 0.302 e. The quantitative estimate of drug-likeness (QED) is 0.430. The van der Waals surface area contributed by atoms with Gasteiger partial charge in [-0.3, -0.25) is 4.79 Å². The molecule has 0 saturated carbocycles. The topological polar surface area (TPSA) is 59.3 Å². The van der Waals surface area contributed by atoms with Crippen LogP contribution in [0.1, 0.15) is 19.4 Å². The lowest BCUT2D eigenvalue weighted by atomic mass is 10.2. The van der Waals surface area contributed by atoms with Crippen LogP contribution in [0.25, 0.3) is 6.08 Å². The number of esters is 1. The molecule has 1 rings (SSSR count). The highest BCUT2D eigenvalue weighted by Crippen LogP contribution is 1.97.